The molecule has 2 fully saturated rings. The molecule has 0 amide bonds. The number of piperidine rings is 1. The van der Waals surface area contributed by atoms with Crippen LogP contribution in [0, 0.1) is 5.92 Å². The maximum atomic E-state index is 9.64. The Bertz CT molecular complexity index is 218. The molecule has 100 valence electrons. The topological polar surface area (TPSA) is 35.5 Å². The highest BCUT2D eigenvalue weighted by Gasteiger charge is 2.31. The van der Waals surface area contributed by atoms with Gasteiger partial charge in [0, 0.05) is 5.54 Å². The van der Waals surface area contributed by atoms with Crippen molar-refractivity contribution in [3.63, 3.8) is 0 Å². The fourth-order valence-corrected chi connectivity index (χ4v) is 3.25. The molecule has 0 atom stereocenters. The highest BCUT2D eigenvalue weighted by molar-refractivity contribution is 4.91. The predicted octanol–water partition coefficient (Wildman–Crippen LogP) is 1.61. The lowest BCUT2D eigenvalue weighted by molar-refractivity contribution is 0.109. The first-order valence-corrected chi connectivity index (χ1v) is 7.28. The third-order valence-electron chi connectivity index (χ3n) is 4.72. The number of hydrogen-bond donors (Lipinski definition) is 2. The zero-order valence-corrected chi connectivity index (χ0v) is 11.2. The first-order valence-electron chi connectivity index (χ1n) is 7.28. The molecule has 17 heavy (non-hydrogen) atoms. The lowest BCUT2D eigenvalue weighted by Crippen LogP contribution is -2.52. The first-order chi connectivity index (χ1) is 8.24. The first kappa shape index (κ1) is 13.3. The molecule has 3 heteroatoms. The maximum absolute atomic E-state index is 9.64. The summed E-state index contributed by atoms with van der Waals surface area (Å²) in [5, 5.41) is 13.3. The van der Waals surface area contributed by atoms with Gasteiger partial charge >= 0.3 is 0 Å². The van der Waals surface area contributed by atoms with E-state index < -0.39 is 0 Å². The van der Waals surface area contributed by atoms with Crippen molar-refractivity contribution in [3.05, 3.63) is 0 Å². The second-order valence-electron chi connectivity index (χ2n) is 6.13. The molecule has 2 rings (SSSR count). The van der Waals surface area contributed by atoms with E-state index in [-0.39, 0.29) is 5.54 Å². The van der Waals surface area contributed by atoms with Gasteiger partial charge in [-0.15, -0.1) is 0 Å². The molecule has 0 aromatic rings. The van der Waals surface area contributed by atoms with E-state index >= 15 is 0 Å². The van der Waals surface area contributed by atoms with Crippen LogP contribution in [0.15, 0.2) is 0 Å². The molecule has 2 aliphatic rings. The Hall–Kier alpha value is -0.120. The van der Waals surface area contributed by atoms with Crippen LogP contribution in [0.4, 0.5) is 0 Å². The van der Waals surface area contributed by atoms with E-state index in [0.717, 1.165) is 25.3 Å². The van der Waals surface area contributed by atoms with Crippen LogP contribution in [0.5, 0.6) is 0 Å². The van der Waals surface area contributed by atoms with Crippen molar-refractivity contribution in [1.82, 2.24) is 10.2 Å². The number of aliphatic hydroxyl groups excluding tert-OH is 1. The summed E-state index contributed by atoms with van der Waals surface area (Å²) in [6.07, 6.45) is 8.85. The maximum Gasteiger partial charge on any atom is 0.0613 e. The van der Waals surface area contributed by atoms with Gasteiger partial charge in [0.2, 0.25) is 0 Å². The third kappa shape index (κ3) is 3.67. The van der Waals surface area contributed by atoms with Crippen molar-refractivity contribution < 1.29 is 5.11 Å². The molecule has 1 saturated heterocycles. The molecule has 0 aromatic heterocycles. The minimum atomic E-state index is 0.0571. The number of nitrogens with one attached hydrogen (secondary N) is 1. The van der Waals surface area contributed by atoms with Crippen LogP contribution in [-0.4, -0.2) is 48.8 Å². The van der Waals surface area contributed by atoms with E-state index in [1.165, 1.54) is 45.2 Å². The van der Waals surface area contributed by atoms with Crippen molar-refractivity contribution in [2.75, 3.05) is 33.3 Å². The summed E-state index contributed by atoms with van der Waals surface area (Å²) in [6, 6.07) is 0. The smallest absolute Gasteiger partial charge is 0.0613 e. The van der Waals surface area contributed by atoms with Crippen molar-refractivity contribution in [1.29, 1.82) is 0 Å². The molecular formula is C14H28N2O. The Morgan fingerprint density at radius 2 is 1.82 bits per heavy atom. The number of aliphatic hydroxyl groups is 1. The van der Waals surface area contributed by atoms with Crippen molar-refractivity contribution in [2.24, 2.45) is 5.92 Å². The number of rotatable bonds is 4. The summed E-state index contributed by atoms with van der Waals surface area (Å²) >= 11 is 0. The summed E-state index contributed by atoms with van der Waals surface area (Å²) in [5.74, 6) is 0.816. The molecular weight excluding hydrogens is 212 g/mol. The second kappa shape index (κ2) is 6.17. The van der Waals surface area contributed by atoms with Crippen LogP contribution < -0.4 is 5.32 Å². The van der Waals surface area contributed by atoms with Gasteiger partial charge in [0.15, 0.2) is 0 Å². The minimum absolute atomic E-state index is 0.0571. The predicted molar refractivity (Wildman–Crippen MR) is 71.1 cm³/mol. The molecule has 1 aliphatic heterocycles. The van der Waals surface area contributed by atoms with Crippen molar-refractivity contribution in [3.8, 4) is 0 Å². The summed E-state index contributed by atoms with van der Waals surface area (Å²) in [5.41, 5.74) is 0.0571. The van der Waals surface area contributed by atoms with E-state index in [2.05, 4.69) is 17.3 Å². The lowest BCUT2D eigenvalue weighted by Gasteiger charge is -2.39. The van der Waals surface area contributed by atoms with Gasteiger partial charge in [-0.25, -0.2) is 0 Å². The molecule has 0 radical (unpaired) electrons. The molecule has 0 aromatic carbocycles. The van der Waals surface area contributed by atoms with E-state index in [0.29, 0.717) is 6.61 Å². The number of likely N-dealkylation sites (tertiary alicyclic amines) is 1. The third-order valence-corrected chi connectivity index (χ3v) is 4.72. The molecule has 2 N–H and O–H groups in total. The van der Waals surface area contributed by atoms with Crippen LogP contribution in [-0.2, 0) is 0 Å². The summed E-state index contributed by atoms with van der Waals surface area (Å²) < 4.78 is 0. The fourth-order valence-electron chi connectivity index (χ4n) is 3.25. The second-order valence-corrected chi connectivity index (χ2v) is 6.13. The monoisotopic (exact) mass is 240 g/mol. The zero-order valence-electron chi connectivity index (χ0n) is 11.2. The molecule has 0 spiro atoms. The summed E-state index contributed by atoms with van der Waals surface area (Å²) in [4.78, 5) is 2.42. The minimum Gasteiger partial charge on any atom is -0.394 e. The highest BCUT2D eigenvalue weighted by Crippen LogP contribution is 2.28. The van der Waals surface area contributed by atoms with E-state index in [4.69, 9.17) is 0 Å². The highest BCUT2D eigenvalue weighted by atomic mass is 16.3. The van der Waals surface area contributed by atoms with E-state index in [1.807, 2.05) is 0 Å². The van der Waals surface area contributed by atoms with Gasteiger partial charge in [0.1, 0.15) is 0 Å². The van der Waals surface area contributed by atoms with Crippen LogP contribution in [0.25, 0.3) is 0 Å². The van der Waals surface area contributed by atoms with Crippen LogP contribution >= 0.6 is 0 Å². The molecule has 0 unspecified atom stereocenters. The Kier molecular flexibility index (Phi) is 4.83. The molecule has 1 saturated carbocycles. The summed E-state index contributed by atoms with van der Waals surface area (Å²) in [6.45, 7) is 3.89. The standard InChI is InChI=1S/C14H28N2O/c1-16-9-5-13(6-10-16)11-15-14(12-17)7-3-2-4-8-14/h13,15,17H,2-12H2,1H3. The molecule has 3 nitrogen and oxygen atoms in total. The van der Waals surface area contributed by atoms with Gasteiger partial charge in [-0.2, -0.15) is 0 Å². The zero-order chi connectivity index (χ0) is 12.1. The lowest BCUT2D eigenvalue weighted by atomic mass is 9.81. The van der Waals surface area contributed by atoms with E-state index in [1.54, 1.807) is 0 Å². The van der Waals surface area contributed by atoms with Crippen molar-refractivity contribution in [2.45, 2.75) is 50.5 Å². The quantitative estimate of drug-likeness (QED) is 0.784. The van der Waals surface area contributed by atoms with Crippen LogP contribution in [0.2, 0.25) is 0 Å². The van der Waals surface area contributed by atoms with Gasteiger partial charge in [-0.3, -0.25) is 0 Å². The van der Waals surface area contributed by atoms with Gasteiger partial charge < -0.3 is 15.3 Å². The average Bonchev–Trinajstić information content (AvgIpc) is 2.39. The Balaban J connectivity index is 1.75. The van der Waals surface area contributed by atoms with Gasteiger partial charge in [-0.1, -0.05) is 19.3 Å². The largest absolute Gasteiger partial charge is 0.394 e. The fraction of sp³-hybridized carbons (Fsp3) is 1.00. The Labute approximate surface area is 106 Å². The SMILES string of the molecule is CN1CCC(CNC2(CO)CCCCC2)CC1. The Morgan fingerprint density at radius 1 is 1.18 bits per heavy atom. The number of hydrogen-bond acceptors (Lipinski definition) is 3. The normalized spacial score (nSPS) is 27.2. The van der Waals surface area contributed by atoms with Gasteiger partial charge in [0.25, 0.3) is 0 Å². The van der Waals surface area contributed by atoms with Gasteiger partial charge in [-0.05, 0) is 58.3 Å². The van der Waals surface area contributed by atoms with Gasteiger partial charge in [0.05, 0.1) is 6.61 Å². The average molecular weight is 240 g/mol. The Morgan fingerprint density at radius 3 is 2.41 bits per heavy atom. The van der Waals surface area contributed by atoms with E-state index in [9.17, 15) is 5.11 Å². The van der Waals surface area contributed by atoms with Crippen LogP contribution in [0.3, 0.4) is 0 Å². The van der Waals surface area contributed by atoms with Crippen LogP contribution in [0.1, 0.15) is 44.9 Å². The van der Waals surface area contributed by atoms with Crippen molar-refractivity contribution >= 4 is 0 Å². The molecule has 1 aliphatic carbocycles. The summed E-state index contributed by atoms with van der Waals surface area (Å²) in [7, 11) is 2.21. The molecule has 0 bridgehead atoms. The number of nitrogens with zero attached hydrogens (tertiary/aromatic N) is 1. The molecule has 1 heterocycles.